The van der Waals surface area contributed by atoms with Crippen LogP contribution in [0, 0.1) is 5.92 Å². The molecule has 22 heavy (non-hydrogen) atoms. The maximum Gasteiger partial charge on any atom is 0.320 e. The first-order valence-electron chi connectivity index (χ1n) is 7.55. The molecular weight excluding hydrogens is 282 g/mol. The third kappa shape index (κ3) is 5.09. The van der Waals surface area contributed by atoms with Gasteiger partial charge in [-0.15, -0.1) is 0 Å². The maximum atomic E-state index is 11.6. The Morgan fingerprint density at radius 3 is 2.64 bits per heavy atom. The highest BCUT2D eigenvalue weighted by molar-refractivity contribution is 5.71. The van der Waals surface area contributed by atoms with Crippen molar-refractivity contribution in [3.63, 3.8) is 0 Å². The van der Waals surface area contributed by atoms with E-state index in [4.69, 9.17) is 19.9 Å². The van der Waals surface area contributed by atoms with Crippen LogP contribution >= 0.6 is 0 Å². The van der Waals surface area contributed by atoms with Gasteiger partial charge in [0.15, 0.2) is 6.10 Å². The smallest absolute Gasteiger partial charge is 0.320 e. The number of nitrogens with two attached hydrogens (primary N) is 1. The highest BCUT2D eigenvalue weighted by Crippen LogP contribution is 2.29. The molecule has 0 aromatic carbocycles. The van der Waals surface area contributed by atoms with Crippen LogP contribution in [0.5, 0.6) is 0 Å². The van der Waals surface area contributed by atoms with E-state index in [1.54, 1.807) is 7.11 Å². The van der Waals surface area contributed by atoms with Crippen LogP contribution in [0.25, 0.3) is 0 Å². The largest absolute Gasteiger partial charge is 0.455 e. The second kappa shape index (κ2) is 9.56. The van der Waals surface area contributed by atoms with Crippen LogP contribution in [0.3, 0.4) is 0 Å². The summed E-state index contributed by atoms with van der Waals surface area (Å²) >= 11 is 0. The minimum absolute atomic E-state index is 0.142. The normalized spacial score (nSPS) is 30.1. The van der Waals surface area contributed by atoms with E-state index in [9.17, 15) is 4.79 Å². The molecule has 5 nitrogen and oxygen atoms in total. The number of carbonyl (C=O) groups excluding carboxylic acids is 1. The predicted molar refractivity (Wildman–Crippen MR) is 86.3 cm³/mol. The number of hydrogen-bond donors (Lipinski definition) is 1. The van der Waals surface area contributed by atoms with E-state index in [0.29, 0.717) is 6.61 Å². The van der Waals surface area contributed by atoms with Crippen LogP contribution in [0.15, 0.2) is 36.0 Å². The van der Waals surface area contributed by atoms with Crippen molar-refractivity contribution in [1.82, 2.24) is 0 Å². The molecule has 1 aliphatic rings. The monoisotopic (exact) mass is 309 g/mol. The summed E-state index contributed by atoms with van der Waals surface area (Å²) in [4.78, 5) is 11.6. The Morgan fingerprint density at radius 2 is 2.05 bits per heavy atom. The molecule has 0 bridgehead atoms. The molecule has 1 rings (SSSR count). The number of esters is 1. The summed E-state index contributed by atoms with van der Waals surface area (Å²) in [5.41, 5.74) is 6.33. The second-order valence-electron chi connectivity index (χ2n) is 5.41. The van der Waals surface area contributed by atoms with Gasteiger partial charge in [0.2, 0.25) is 0 Å². The molecule has 0 unspecified atom stereocenters. The van der Waals surface area contributed by atoms with Crippen molar-refractivity contribution in [2.24, 2.45) is 11.7 Å². The van der Waals surface area contributed by atoms with Gasteiger partial charge in [-0.05, 0) is 19.4 Å². The van der Waals surface area contributed by atoms with Crippen molar-refractivity contribution in [2.45, 2.75) is 39.1 Å². The zero-order valence-corrected chi connectivity index (χ0v) is 13.8. The summed E-state index contributed by atoms with van der Waals surface area (Å²) in [5, 5.41) is 0. The molecule has 1 aliphatic heterocycles. The zero-order chi connectivity index (χ0) is 16.5. The van der Waals surface area contributed by atoms with Gasteiger partial charge in [-0.2, -0.15) is 0 Å². The molecule has 0 spiro atoms. The van der Waals surface area contributed by atoms with E-state index in [1.807, 2.05) is 51.2 Å². The second-order valence-corrected chi connectivity index (χ2v) is 5.41. The molecule has 1 fully saturated rings. The third-order valence-electron chi connectivity index (χ3n) is 3.65. The van der Waals surface area contributed by atoms with E-state index in [0.717, 1.165) is 5.57 Å². The van der Waals surface area contributed by atoms with Gasteiger partial charge in [-0.1, -0.05) is 37.3 Å². The summed E-state index contributed by atoms with van der Waals surface area (Å²) in [6.45, 7) is 6.33. The van der Waals surface area contributed by atoms with Crippen LogP contribution in [-0.4, -0.2) is 44.5 Å². The lowest BCUT2D eigenvalue weighted by Crippen LogP contribution is -2.53. The SMILES string of the molecule is C/C=C/C=C/C=C(\C)[C@H]1OC[C@@H](C)[C@@H](OC)[C@@H]1OC(=O)CN. The fourth-order valence-corrected chi connectivity index (χ4v) is 2.50. The molecule has 2 N–H and O–H groups in total. The Labute approximate surface area is 132 Å². The molecule has 0 aromatic heterocycles. The van der Waals surface area contributed by atoms with E-state index >= 15 is 0 Å². The Kier molecular flexibility index (Phi) is 8.09. The summed E-state index contributed by atoms with van der Waals surface area (Å²) in [6, 6.07) is 0. The summed E-state index contributed by atoms with van der Waals surface area (Å²) in [7, 11) is 1.62. The minimum atomic E-state index is -0.490. The van der Waals surface area contributed by atoms with E-state index in [-0.39, 0.29) is 24.7 Å². The standard InChI is InChI=1S/C17H27NO4/c1-5-6-7-8-9-12(2)16-17(22-14(19)10-18)15(20-4)13(3)11-21-16/h5-9,13,15-17H,10-11,18H2,1-4H3/b6-5+,8-7+,12-9+/t13-,15-,16-,17+/m1/s1. The van der Waals surface area contributed by atoms with Crippen LogP contribution in [0.1, 0.15) is 20.8 Å². The highest BCUT2D eigenvalue weighted by atomic mass is 16.6. The number of hydrogen-bond acceptors (Lipinski definition) is 5. The number of rotatable bonds is 6. The first-order valence-corrected chi connectivity index (χ1v) is 7.55. The molecule has 5 heteroatoms. The number of ether oxygens (including phenoxy) is 3. The van der Waals surface area contributed by atoms with Gasteiger partial charge in [0.25, 0.3) is 0 Å². The summed E-state index contributed by atoms with van der Waals surface area (Å²) < 4.78 is 16.9. The lowest BCUT2D eigenvalue weighted by molar-refractivity contribution is -0.190. The molecule has 0 aliphatic carbocycles. The molecule has 0 saturated carbocycles. The zero-order valence-electron chi connectivity index (χ0n) is 13.8. The summed E-state index contributed by atoms with van der Waals surface area (Å²) in [6.07, 6.45) is 8.68. The molecule has 0 amide bonds. The quantitative estimate of drug-likeness (QED) is 0.600. The van der Waals surface area contributed by atoms with Crippen molar-refractivity contribution in [3.05, 3.63) is 36.0 Å². The number of carbonyl (C=O) groups is 1. The fraction of sp³-hybridized carbons (Fsp3) is 0.588. The van der Waals surface area contributed by atoms with Gasteiger partial charge in [0.1, 0.15) is 12.2 Å². The van der Waals surface area contributed by atoms with Crippen molar-refractivity contribution < 1.29 is 19.0 Å². The molecule has 4 atom stereocenters. The van der Waals surface area contributed by atoms with Crippen LogP contribution in [0.2, 0.25) is 0 Å². The van der Waals surface area contributed by atoms with Gasteiger partial charge in [-0.3, -0.25) is 4.79 Å². The predicted octanol–water partition coefficient (Wildman–Crippen LogP) is 1.99. The van der Waals surface area contributed by atoms with E-state index < -0.39 is 12.1 Å². The first kappa shape index (κ1) is 18.6. The average Bonchev–Trinajstić information content (AvgIpc) is 2.51. The van der Waals surface area contributed by atoms with Crippen molar-refractivity contribution in [3.8, 4) is 0 Å². The lowest BCUT2D eigenvalue weighted by Gasteiger charge is -2.40. The Morgan fingerprint density at radius 1 is 1.32 bits per heavy atom. The number of methoxy groups -OCH3 is 1. The molecule has 1 heterocycles. The van der Waals surface area contributed by atoms with Gasteiger partial charge in [-0.25, -0.2) is 0 Å². The average molecular weight is 309 g/mol. The lowest BCUT2D eigenvalue weighted by atomic mass is 9.90. The molecule has 0 radical (unpaired) electrons. The Bertz CT molecular complexity index is 442. The van der Waals surface area contributed by atoms with E-state index in [1.165, 1.54) is 0 Å². The molecule has 0 aromatic rings. The van der Waals surface area contributed by atoms with Crippen LogP contribution in [0.4, 0.5) is 0 Å². The van der Waals surface area contributed by atoms with Crippen LogP contribution < -0.4 is 5.73 Å². The van der Waals surface area contributed by atoms with Gasteiger partial charge in [0.05, 0.1) is 13.2 Å². The van der Waals surface area contributed by atoms with Gasteiger partial charge >= 0.3 is 5.97 Å². The third-order valence-corrected chi connectivity index (χ3v) is 3.65. The topological polar surface area (TPSA) is 70.8 Å². The number of allylic oxidation sites excluding steroid dienone is 5. The van der Waals surface area contributed by atoms with E-state index in [2.05, 4.69) is 0 Å². The van der Waals surface area contributed by atoms with Crippen LogP contribution in [-0.2, 0) is 19.0 Å². The minimum Gasteiger partial charge on any atom is -0.455 e. The van der Waals surface area contributed by atoms with Gasteiger partial charge < -0.3 is 19.9 Å². The van der Waals surface area contributed by atoms with Crippen molar-refractivity contribution in [1.29, 1.82) is 0 Å². The Hall–Kier alpha value is -1.43. The van der Waals surface area contributed by atoms with Crippen molar-refractivity contribution in [2.75, 3.05) is 20.3 Å². The highest BCUT2D eigenvalue weighted by Gasteiger charge is 2.41. The molecule has 1 saturated heterocycles. The van der Waals surface area contributed by atoms with Crippen molar-refractivity contribution >= 4 is 5.97 Å². The summed E-state index contributed by atoms with van der Waals surface area (Å²) in [5.74, 6) is -0.310. The van der Waals surface area contributed by atoms with Gasteiger partial charge in [0, 0.05) is 13.0 Å². The molecular formula is C17H27NO4. The Balaban J connectivity index is 2.94. The fourth-order valence-electron chi connectivity index (χ4n) is 2.50. The molecule has 124 valence electrons. The maximum absolute atomic E-state index is 11.6. The first-order chi connectivity index (χ1) is 10.5.